The quantitative estimate of drug-likeness (QED) is 0.857. The number of ether oxygens (including phenoxy) is 1. The number of carbonyl (C=O) groups is 1. The van der Waals surface area contributed by atoms with Crippen molar-refractivity contribution >= 4 is 5.97 Å². The molecule has 21 heavy (non-hydrogen) atoms. The summed E-state index contributed by atoms with van der Waals surface area (Å²) in [5.74, 6) is -0.939. The molecule has 2 aromatic rings. The van der Waals surface area contributed by atoms with Crippen LogP contribution < -0.4 is 10.5 Å². The summed E-state index contributed by atoms with van der Waals surface area (Å²) in [5.41, 5.74) is 7.57. The van der Waals surface area contributed by atoms with Gasteiger partial charge in [0.1, 0.15) is 18.2 Å². The molecule has 0 aromatic heterocycles. The Hall–Kier alpha value is -2.40. The van der Waals surface area contributed by atoms with Crippen LogP contribution >= 0.6 is 0 Å². The lowest BCUT2D eigenvalue weighted by Crippen LogP contribution is -2.06. The molecule has 0 spiro atoms. The van der Waals surface area contributed by atoms with E-state index in [1.54, 1.807) is 30.3 Å². The molecule has 0 saturated heterocycles. The van der Waals surface area contributed by atoms with Gasteiger partial charge < -0.3 is 15.6 Å². The maximum Gasteiger partial charge on any atom is 0.307 e. The molecule has 0 atom stereocenters. The Morgan fingerprint density at radius 3 is 2.57 bits per heavy atom. The number of nitrogens with two attached hydrogens (primary N) is 1. The second-order valence-corrected chi connectivity index (χ2v) is 4.63. The molecule has 2 aromatic carbocycles. The molecule has 0 heterocycles. The number of carboxylic acids is 1. The van der Waals surface area contributed by atoms with Gasteiger partial charge in [0.25, 0.3) is 0 Å². The van der Waals surface area contributed by atoms with E-state index < -0.39 is 11.8 Å². The first-order chi connectivity index (χ1) is 10.1. The first-order valence-corrected chi connectivity index (χ1v) is 6.49. The molecule has 110 valence electrons. The maximum atomic E-state index is 13.4. The van der Waals surface area contributed by atoms with Gasteiger partial charge in [-0.2, -0.15) is 0 Å². The van der Waals surface area contributed by atoms with Crippen LogP contribution in [0.15, 0.2) is 42.5 Å². The molecule has 0 aliphatic rings. The van der Waals surface area contributed by atoms with Crippen LogP contribution in [0.5, 0.6) is 5.75 Å². The number of carboxylic acid groups (broad SMARTS) is 1. The van der Waals surface area contributed by atoms with Crippen LogP contribution in [0.1, 0.15) is 16.7 Å². The van der Waals surface area contributed by atoms with Crippen molar-refractivity contribution in [1.29, 1.82) is 0 Å². The Morgan fingerprint density at radius 2 is 1.90 bits per heavy atom. The van der Waals surface area contributed by atoms with Crippen molar-refractivity contribution in [3.63, 3.8) is 0 Å². The number of hydrogen-bond donors (Lipinski definition) is 2. The van der Waals surface area contributed by atoms with Crippen molar-refractivity contribution in [3.8, 4) is 5.75 Å². The summed E-state index contributed by atoms with van der Waals surface area (Å²) in [4.78, 5) is 10.8. The van der Waals surface area contributed by atoms with Crippen LogP contribution in [0, 0.1) is 5.82 Å². The van der Waals surface area contributed by atoms with Gasteiger partial charge in [-0.05, 0) is 28.8 Å². The lowest BCUT2D eigenvalue weighted by atomic mass is 10.1. The van der Waals surface area contributed by atoms with Crippen molar-refractivity contribution < 1.29 is 19.0 Å². The van der Waals surface area contributed by atoms with E-state index in [-0.39, 0.29) is 19.6 Å². The average Bonchev–Trinajstić information content (AvgIpc) is 2.45. The summed E-state index contributed by atoms with van der Waals surface area (Å²) in [6, 6.07) is 11.4. The van der Waals surface area contributed by atoms with Gasteiger partial charge in [-0.25, -0.2) is 4.39 Å². The summed E-state index contributed by atoms with van der Waals surface area (Å²) in [5, 5.41) is 8.88. The van der Waals surface area contributed by atoms with E-state index in [2.05, 4.69) is 0 Å². The fourth-order valence-electron chi connectivity index (χ4n) is 2.02. The fraction of sp³-hybridized carbons (Fsp3) is 0.188. The normalized spacial score (nSPS) is 10.4. The van der Waals surface area contributed by atoms with Gasteiger partial charge in [-0.3, -0.25) is 4.79 Å². The number of aliphatic carboxylic acids is 1. The lowest BCUT2D eigenvalue weighted by Gasteiger charge is -2.11. The van der Waals surface area contributed by atoms with Crippen molar-refractivity contribution in [3.05, 3.63) is 65.0 Å². The van der Waals surface area contributed by atoms with E-state index in [1.807, 2.05) is 0 Å². The van der Waals surface area contributed by atoms with E-state index in [4.69, 9.17) is 15.6 Å². The Balaban J connectivity index is 2.13. The predicted octanol–water partition coefficient (Wildman–Crippen LogP) is 2.49. The van der Waals surface area contributed by atoms with E-state index in [1.165, 1.54) is 12.1 Å². The van der Waals surface area contributed by atoms with Gasteiger partial charge in [0, 0.05) is 12.6 Å². The van der Waals surface area contributed by atoms with Gasteiger partial charge >= 0.3 is 5.97 Å². The minimum Gasteiger partial charge on any atom is -0.489 e. The van der Waals surface area contributed by atoms with Crippen molar-refractivity contribution in [2.75, 3.05) is 0 Å². The zero-order valence-electron chi connectivity index (χ0n) is 11.4. The summed E-state index contributed by atoms with van der Waals surface area (Å²) < 4.78 is 18.9. The van der Waals surface area contributed by atoms with Crippen LogP contribution in [0.3, 0.4) is 0 Å². The Morgan fingerprint density at radius 1 is 1.19 bits per heavy atom. The maximum absolute atomic E-state index is 13.4. The molecular weight excluding hydrogens is 273 g/mol. The minimum absolute atomic E-state index is 0.0727. The Kier molecular flexibility index (Phi) is 4.90. The molecule has 0 unspecified atom stereocenters. The predicted molar refractivity (Wildman–Crippen MR) is 76.4 cm³/mol. The zero-order chi connectivity index (χ0) is 15.2. The summed E-state index contributed by atoms with van der Waals surface area (Å²) in [7, 11) is 0. The fourth-order valence-corrected chi connectivity index (χ4v) is 2.02. The minimum atomic E-state index is -0.904. The lowest BCUT2D eigenvalue weighted by molar-refractivity contribution is -0.136. The molecule has 0 bridgehead atoms. The molecule has 0 aliphatic heterocycles. The van der Waals surface area contributed by atoms with Crippen molar-refractivity contribution in [2.24, 2.45) is 5.73 Å². The highest BCUT2D eigenvalue weighted by molar-refractivity contribution is 5.70. The van der Waals surface area contributed by atoms with E-state index >= 15 is 0 Å². The van der Waals surface area contributed by atoms with E-state index in [0.717, 1.165) is 5.56 Å². The number of hydrogen-bond acceptors (Lipinski definition) is 3. The van der Waals surface area contributed by atoms with Gasteiger partial charge in [-0.1, -0.05) is 24.3 Å². The summed E-state index contributed by atoms with van der Waals surface area (Å²) in [6.07, 6.45) is -0.0727. The Labute approximate surface area is 122 Å². The van der Waals surface area contributed by atoms with Crippen LogP contribution in [0.25, 0.3) is 0 Å². The van der Waals surface area contributed by atoms with Gasteiger partial charge in [-0.15, -0.1) is 0 Å². The van der Waals surface area contributed by atoms with Gasteiger partial charge in [0.2, 0.25) is 0 Å². The molecule has 2 rings (SSSR count). The molecule has 0 fully saturated rings. The summed E-state index contributed by atoms with van der Waals surface area (Å²) >= 11 is 0. The number of rotatable bonds is 6. The van der Waals surface area contributed by atoms with Crippen LogP contribution in [-0.2, 0) is 24.4 Å². The third-order valence-corrected chi connectivity index (χ3v) is 3.02. The Bertz CT molecular complexity index is 643. The van der Waals surface area contributed by atoms with Crippen LogP contribution in [-0.4, -0.2) is 11.1 Å². The second-order valence-electron chi connectivity index (χ2n) is 4.63. The second kappa shape index (κ2) is 6.85. The van der Waals surface area contributed by atoms with Crippen molar-refractivity contribution in [2.45, 2.75) is 19.6 Å². The van der Waals surface area contributed by atoms with Crippen molar-refractivity contribution in [1.82, 2.24) is 0 Å². The van der Waals surface area contributed by atoms with E-state index in [9.17, 15) is 9.18 Å². The zero-order valence-corrected chi connectivity index (χ0v) is 11.4. The van der Waals surface area contributed by atoms with Gasteiger partial charge in [0.15, 0.2) is 0 Å². The third kappa shape index (κ3) is 4.29. The number of benzene rings is 2. The largest absolute Gasteiger partial charge is 0.489 e. The molecule has 5 heteroatoms. The third-order valence-electron chi connectivity index (χ3n) is 3.02. The molecule has 0 saturated carbocycles. The first-order valence-electron chi connectivity index (χ1n) is 6.49. The smallest absolute Gasteiger partial charge is 0.307 e. The monoisotopic (exact) mass is 289 g/mol. The molecule has 4 nitrogen and oxygen atoms in total. The molecule has 0 amide bonds. The highest BCUT2D eigenvalue weighted by Crippen LogP contribution is 2.19. The molecule has 0 radical (unpaired) electrons. The van der Waals surface area contributed by atoms with E-state index in [0.29, 0.717) is 16.9 Å². The number of halogens is 1. The SMILES string of the molecule is NCc1cc(F)cc(OCc2ccccc2CC(=O)O)c1. The highest BCUT2D eigenvalue weighted by atomic mass is 19.1. The molecular formula is C16H16FNO3. The van der Waals surface area contributed by atoms with Crippen LogP contribution in [0.4, 0.5) is 4.39 Å². The first kappa shape index (κ1) is 15.0. The highest BCUT2D eigenvalue weighted by Gasteiger charge is 2.07. The standard InChI is InChI=1S/C16H16FNO3/c17-14-5-11(9-18)6-15(8-14)21-10-13-4-2-1-3-12(13)7-16(19)20/h1-6,8H,7,9-10,18H2,(H,19,20). The van der Waals surface area contributed by atoms with Gasteiger partial charge in [0.05, 0.1) is 6.42 Å². The van der Waals surface area contributed by atoms with Crippen LogP contribution in [0.2, 0.25) is 0 Å². The average molecular weight is 289 g/mol. The summed E-state index contributed by atoms with van der Waals surface area (Å²) in [6.45, 7) is 0.403. The topological polar surface area (TPSA) is 72.5 Å². The molecule has 0 aliphatic carbocycles. The molecule has 3 N–H and O–H groups in total.